The average molecular weight is 473 g/mol. The van der Waals surface area contributed by atoms with Gasteiger partial charge in [-0.25, -0.2) is 12.8 Å². The highest BCUT2D eigenvalue weighted by Gasteiger charge is 2.19. The van der Waals surface area contributed by atoms with Crippen molar-refractivity contribution < 1.29 is 17.6 Å². The van der Waals surface area contributed by atoms with Crippen molar-refractivity contribution >= 4 is 32.5 Å². The second-order valence-corrected chi connectivity index (χ2v) is 9.96. The summed E-state index contributed by atoms with van der Waals surface area (Å²) in [6, 6.07) is 12.4. The Balaban J connectivity index is 2.25. The quantitative estimate of drug-likeness (QED) is 0.520. The van der Waals surface area contributed by atoms with Crippen LogP contribution in [-0.4, -0.2) is 50.2 Å². The van der Waals surface area contributed by atoms with Gasteiger partial charge in [0.15, 0.2) is 0 Å². The van der Waals surface area contributed by atoms with Crippen LogP contribution in [0.1, 0.15) is 23.0 Å². The Bertz CT molecular complexity index is 1330. The van der Waals surface area contributed by atoms with E-state index in [1.54, 1.807) is 51.4 Å². The minimum atomic E-state index is -3.44. The number of nitrogens with two attached hydrogens (primary N) is 1. The molecule has 7 nitrogen and oxygen atoms in total. The number of carbonyl (C=O) groups is 1. The maximum atomic E-state index is 14.4. The lowest BCUT2D eigenvalue weighted by Crippen LogP contribution is -2.21. The molecule has 0 unspecified atom stereocenters. The molecule has 0 bridgehead atoms. The smallest absolute Gasteiger partial charge is 0.253 e. The number of rotatable bonds is 8. The monoisotopic (exact) mass is 472 g/mol. The maximum absolute atomic E-state index is 14.4. The number of nitrogens with one attached hydrogen (secondary N) is 1. The second kappa shape index (κ2) is 9.76. The van der Waals surface area contributed by atoms with Crippen molar-refractivity contribution in [3.8, 4) is 11.1 Å². The third-order valence-electron chi connectivity index (χ3n) is 5.43. The molecule has 0 fully saturated rings. The zero-order valence-corrected chi connectivity index (χ0v) is 20.0. The van der Waals surface area contributed by atoms with Crippen molar-refractivity contribution in [3.05, 3.63) is 65.6 Å². The first-order valence-corrected chi connectivity index (χ1v) is 12.2. The van der Waals surface area contributed by atoms with Crippen LogP contribution in [-0.2, 0) is 16.6 Å². The van der Waals surface area contributed by atoms with Gasteiger partial charge in [0.1, 0.15) is 5.83 Å². The topological polar surface area (TPSA) is 97.4 Å². The lowest BCUT2D eigenvalue weighted by molar-refractivity contribution is 0.0827. The van der Waals surface area contributed by atoms with Crippen LogP contribution in [0.15, 0.2) is 54.4 Å². The molecular formula is C24H29FN4O3S. The molecular weight excluding hydrogens is 443 g/mol. The van der Waals surface area contributed by atoms with Crippen LogP contribution >= 0.6 is 0 Å². The first-order chi connectivity index (χ1) is 15.6. The number of allylic oxidation sites excluding steroid dienone is 1. The van der Waals surface area contributed by atoms with E-state index in [4.69, 9.17) is 5.73 Å². The van der Waals surface area contributed by atoms with Crippen molar-refractivity contribution in [2.75, 3.05) is 31.1 Å². The standard InChI is InChI=1S/C24H29FN4O3S/c1-5-33(31,32)27-20-8-6-7-17(13-20)23-16(2)29(15-19(25)11-12-26)22-10-9-18(14-21(22)23)24(30)28(3)4/h6-11,13-14,27H,5,12,15,26H2,1-4H3/b19-11-. The molecule has 0 aliphatic rings. The number of amides is 1. The van der Waals surface area contributed by atoms with Gasteiger partial charge < -0.3 is 15.2 Å². The maximum Gasteiger partial charge on any atom is 0.253 e. The van der Waals surface area contributed by atoms with Gasteiger partial charge >= 0.3 is 0 Å². The number of hydrogen-bond donors (Lipinski definition) is 2. The van der Waals surface area contributed by atoms with E-state index in [2.05, 4.69) is 4.72 Å². The first-order valence-electron chi connectivity index (χ1n) is 10.6. The summed E-state index contributed by atoms with van der Waals surface area (Å²) in [5.41, 5.74) is 9.51. The van der Waals surface area contributed by atoms with Gasteiger partial charge in [-0.05, 0) is 55.8 Å². The van der Waals surface area contributed by atoms with Gasteiger partial charge in [0.05, 0.1) is 12.3 Å². The van der Waals surface area contributed by atoms with Crippen molar-refractivity contribution in [1.29, 1.82) is 0 Å². The lowest BCUT2D eigenvalue weighted by atomic mass is 10.00. The molecule has 1 heterocycles. The Hall–Kier alpha value is -3.17. The van der Waals surface area contributed by atoms with E-state index >= 15 is 0 Å². The molecule has 0 saturated carbocycles. The Morgan fingerprint density at radius 2 is 1.94 bits per heavy atom. The van der Waals surface area contributed by atoms with E-state index in [0.29, 0.717) is 11.3 Å². The van der Waals surface area contributed by atoms with Crippen LogP contribution in [0.2, 0.25) is 0 Å². The van der Waals surface area contributed by atoms with Gasteiger partial charge in [-0.1, -0.05) is 12.1 Å². The molecule has 1 amide bonds. The van der Waals surface area contributed by atoms with E-state index in [-0.39, 0.29) is 30.6 Å². The summed E-state index contributed by atoms with van der Waals surface area (Å²) >= 11 is 0. The fraction of sp³-hybridized carbons (Fsp3) is 0.292. The number of sulfonamides is 1. The van der Waals surface area contributed by atoms with Gasteiger partial charge in [-0.3, -0.25) is 9.52 Å². The molecule has 0 radical (unpaired) electrons. The normalized spacial score (nSPS) is 12.2. The van der Waals surface area contributed by atoms with Crippen LogP contribution in [0.3, 0.4) is 0 Å². The van der Waals surface area contributed by atoms with Gasteiger partial charge in [0.2, 0.25) is 10.0 Å². The number of benzene rings is 2. The van der Waals surface area contributed by atoms with E-state index in [1.807, 2.05) is 23.6 Å². The molecule has 2 aromatic carbocycles. The SMILES string of the molecule is CCS(=O)(=O)Nc1cccc(-c2c(C)n(C/C(F)=C/CN)c3ccc(C(=O)N(C)C)cc23)c1. The molecule has 3 rings (SSSR count). The van der Waals surface area contributed by atoms with E-state index in [0.717, 1.165) is 27.7 Å². The van der Waals surface area contributed by atoms with Crippen LogP contribution in [0.5, 0.6) is 0 Å². The van der Waals surface area contributed by atoms with E-state index in [9.17, 15) is 17.6 Å². The number of anilines is 1. The molecule has 0 atom stereocenters. The fourth-order valence-corrected chi connectivity index (χ4v) is 4.41. The summed E-state index contributed by atoms with van der Waals surface area (Å²) in [5, 5.41) is 0.774. The third-order valence-corrected chi connectivity index (χ3v) is 6.74. The third kappa shape index (κ3) is 5.26. The molecule has 0 aliphatic heterocycles. The molecule has 176 valence electrons. The highest BCUT2D eigenvalue weighted by molar-refractivity contribution is 7.92. The highest BCUT2D eigenvalue weighted by atomic mass is 32.2. The number of halogens is 1. The summed E-state index contributed by atoms with van der Waals surface area (Å²) < 4.78 is 42.9. The molecule has 0 spiro atoms. The van der Waals surface area contributed by atoms with E-state index in [1.165, 1.54) is 11.0 Å². The minimum Gasteiger partial charge on any atom is -0.345 e. The number of aromatic nitrogens is 1. The number of hydrogen-bond acceptors (Lipinski definition) is 4. The molecule has 33 heavy (non-hydrogen) atoms. The summed E-state index contributed by atoms with van der Waals surface area (Å²) in [4.78, 5) is 14.1. The van der Waals surface area contributed by atoms with Crippen LogP contribution in [0.4, 0.5) is 10.1 Å². The predicted molar refractivity (Wildman–Crippen MR) is 131 cm³/mol. The Morgan fingerprint density at radius 3 is 2.58 bits per heavy atom. The van der Waals surface area contributed by atoms with Crippen LogP contribution in [0, 0.1) is 6.92 Å². The van der Waals surface area contributed by atoms with E-state index < -0.39 is 10.0 Å². The molecule has 3 aromatic rings. The van der Waals surface area contributed by atoms with Crippen molar-refractivity contribution in [2.24, 2.45) is 5.73 Å². The number of fused-ring (bicyclic) bond motifs is 1. The molecule has 0 saturated heterocycles. The van der Waals surface area contributed by atoms with Gasteiger partial charge in [-0.15, -0.1) is 0 Å². The lowest BCUT2D eigenvalue weighted by Gasteiger charge is -2.11. The predicted octanol–water partition coefficient (Wildman–Crippen LogP) is 3.89. The van der Waals surface area contributed by atoms with Gasteiger partial charge in [0, 0.05) is 54.1 Å². The zero-order chi connectivity index (χ0) is 24.3. The van der Waals surface area contributed by atoms with Crippen molar-refractivity contribution in [1.82, 2.24) is 9.47 Å². The molecule has 1 aromatic heterocycles. The summed E-state index contributed by atoms with van der Waals surface area (Å²) in [7, 11) is -0.0815. The number of nitrogens with zero attached hydrogens (tertiary/aromatic N) is 2. The average Bonchev–Trinajstić information content (AvgIpc) is 3.03. The molecule has 9 heteroatoms. The van der Waals surface area contributed by atoms with Gasteiger partial charge in [0.25, 0.3) is 5.91 Å². The summed E-state index contributed by atoms with van der Waals surface area (Å²) in [5.74, 6) is -0.549. The summed E-state index contributed by atoms with van der Waals surface area (Å²) in [6.07, 6.45) is 1.33. The summed E-state index contributed by atoms with van der Waals surface area (Å²) in [6.45, 7) is 3.54. The van der Waals surface area contributed by atoms with Crippen molar-refractivity contribution in [2.45, 2.75) is 20.4 Å². The van der Waals surface area contributed by atoms with Crippen molar-refractivity contribution in [3.63, 3.8) is 0 Å². The Kier molecular flexibility index (Phi) is 7.24. The zero-order valence-electron chi connectivity index (χ0n) is 19.2. The van der Waals surface area contributed by atoms with Gasteiger partial charge in [-0.2, -0.15) is 0 Å². The molecule has 0 aliphatic carbocycles. The fourth-order valence-electron chi connectivity index (χ4n) is 3.77. The largest absolute Gasteiger partial charge is 0.345 e. The Morgan fingerprint density at radius 1 is 1.21 bits per heavy atom. The molecule has 3 N–H and O–H groups in total. The highest BCUT2D eigenvalue weighted by Crippen LogP contribution is 2.37. The number of carbonyl (C=O) groups excluding carboxylic acids is 1. The van der Waals surface area contributed by atoms with Crippen LogP contribution < -0.4 is 10.5 Å². The Labute approximate surface area is 193 Å². The van der Waals surface area contributed by atoms with Crippen LogP contribution in [0.25, 0.3) is 22.0 Å². The second-order valence-electron chi connectivity index (χ2n) is 7.95. The minimum absolute atomic E-state index is 0.00264. The first kappa shape index (κ1) is 24.5.